The van der Waals surface area contributed by atoms with Gasteiger partial charge in [0.1, 0.15) is 0 Å². The van der Waals surface area contributed by atoms with E-state index in [-0.39, 0.29) is 5.56 Å². The number of carbonyl (C=O) groups is 1. The predicted octanol–water partition coefficient (Wildman–Crippen LogP) is 3.64. The quantitative estimate of drug-likeness (QED) is 0.353. The first-order valence-electron chi connectivity index (χ1n) is 9.06. The summed E-state index contributed by atoms with van der Waals surface area (Å²) in [6, 6.07) is 6.31. The van der Waals surface area contributed by atoms with Gasteiger partial charge in [-0.2, -0.15) is 16.8 Å². The molecule has 0 aliphatic rings. The first-order valence-corrected chi connectivity index (χ1v) is 11.3. The number of hydrogen-bond donors (Lipinski definition) is 0. The van der Waals surface area contributed by atoms with Gasteiger partial charge in [0.25, 0.3) is 17.3 Å². The molecule has 13 heteroatoms. The molecule has 0 atom stereocenters. The molecule has 3 aromatic rings. The maximum absolute atomic E-state index is 12.8. The van der Waals surface area contributed by atoms with E-state index in [1.54, 1.807) is 23.9 Å². The fourth-order valence-corrected chi connectivity index (χ4v) is 4.39. The van der Waals surface area contributed by atoms with E-state index in [0.29, 0.717) is 22.8 Å². The van der Waals surface area contributed by atoms with Crippen LogP contribution in [0.2, 0.25) is 0 Å². The highest BCUT2D eigenvalue weighted by Gasteiger charge is 2.20. The number of aromatic nitrogens is 1. The fourth-order valence-electron chi connectivity index (χ4n) is 2.96. The lowest BCUT2D eigenvalue weighted by Gasteiger charge is -2.09. The third-order valence-electron chi connectivity index (χ3n) is 4.48. The summed E-state index contributed by atoms with van der Waals surface area (Å²) in [6.07, 6.45) is 1.95. The molecule has 0 spiro atoms. The summed E-state index contributed by atoms with van der Waals surface area (Å²) >= 11 is 2.84. The largest absolute Gasteiger partial charge is 0.493 e. The number of thiazole rings is 1. The van der Waals surface area contributed by atoms with Gasteiger partial charge in [0.2, 0.25) is 0 Å². The molecule has 32 heavy (non-hydrogen) atoms. The number of nitro benzene ring substituents is 2. The smallest absolute Gasteiger partial charge is 0.280 e. The first-order chi connectivity index (χ1) is 15.3. The van der Waals surface area contributed by atoms with Gasteiger partial charge in [-0.05, 0) is 6.26 Å². The number of hydrogen-bond acceptors (Lipinski definition) is 9. The number of nitrogens with zero attached hydrogens (tertiary/aromatic N) is 4. The van der Waals surface area contributed by atoms with Crippen LogP contribution in [0.15, 0.2) is 35.3 Å². The van der Waals surface area contributed by atoms with Crippen molar-refractivity contribution in [2.45, 2.75) is 6.54 Å². The Kier molecular flexibility index (Phi) is 7.10. The number of rotatable bonds is 8. The van der Waals surface area contributed by atoms with Crippen LogP contribution in [0.25, 0.3) is 10.2 Å². The Labute approximate surface area is 189 Å². The highest BCUT2D eigenvalue weighted by Crippen LogP contribution is 2.33. The summed E-state index contributed by atoms with van der Waals surface area (Å²) in [4.78, 5) is 38.0. The number of nitro groups is 2. The van der Waals surface area contributed by atoms with Crippen LogP contribution in [-0.2, 0) is 6.54 Å². The Bertz CT molecular complexity index is 1250. The molecule has 0 fully saturated rings. The van der Waals surface area contributed by atoms with Crippen LogP contribution in [0, 0.1) is 20.2 Å². The van der Waals surface area contributed by atoms with Gasteiger partial charge in [0, 0.05) is 36.6 Å². The summed E-state index contributed by atoms with van der Waals surface area (Å²) < 4.78 is 13.3. The molecule has 1 aromatic heterocycles. The maximum atomic E-state index is 12.8. The summed E-state index contributed by atoms with van der Waals surface area (Å²) in [5.74, 6) is 0.956. The zero-order chi connectivity index (χ0) is 23.4. The second-order valence-electron chi connectivity index (χ2n) is 6.37. The molecule has 0 bridgehead atoms. The SMILES string of the molecule is COc1cc2sc(=NC(=O)c3cc([N+](=O)[O-])cc([N+](=O)[O-])c3)n(CCSC)c2cc1OC. The van der Waals surface area contributed by atoms with Crippen LogP contribution >= 0.6 is 23.1 Å². The van der Waals surface area contributed by atoms with E-state index in [1.165, 1.54) is 25.6 Å². The third-order valence-corrected chi connectivity index (χ3v) is 6.11. The molecule has 0 saturated carbocycles. The number of non-ortho nitro benzene ring substituents is 2. The van der Waals surface area contributed by atoms with Gasteiger partial charge in [-0.3, -0.25) is 25.0 Å². The summed E-state index contributed by atoms with van der Waals surface area (Å²) in [6.45, 7) is 0.540. The monoisotopic (exact) mass is 478 g/mol. The van der Waals surface area contributed by atoms with Crippen LogP contribution in [0.4, 0.5) is 11.4 Å². The number of carbonyl (C=O) groups excluding carboxylic acids is 1. The molecule has 0 unspecified atom stereocenters. The Morgan fingerprint density at radius 1 is 1.06 bits per heavy atom. The molecule has 0 aliphatic heterocycles. The predicted molar refractivity (Wildman–Crippen MR) is 121 cm³/mol. The van der Waals surface area contributed by atoms with E-state index < -0.39 is 27.1 Å². The van der Waals surface area contributed by atoms with Crippen molar-refractivity contribution in [2.75, 3.05) is 26.2 Å². The molecule has 168 valence electrons. The number of amides is 1. The van der Waals surface area contributed by atoms with Crippen LogP contribution < -0.4 is 14.3 Å². The van der Waals surface area contributed by atoms with Crippen molar-refractivity contribution in [3.8, 4) is 11.5 Å². The normalized spacial score (nSPS) is 11.5. The number of ether oxygens (including phenoxy) is 2. The van der Waals surface area contributed by atoms with Crippen molar-refractivity contribution < 1.29 is 24.1 Å². The van der Waals surface area contributed by atoms with E-state index in [0.717, 1.165) is 34.2 Å². The molecule has 0 radical (unpaired) electrons. The molecule has 0 N–H and O–H groups in total. The van der Waals surface area contributed by atoms with Gasteiger partial charge < -0.3 is 14.0 Å². The highest BCUT2D eigenvalue weighted by atomic mass is 32.2. The van der Waals surface area contributed by atoms with Crippen molar-refractivity contribution in [3.05, 3.63) is 60.9 Å². The molecule has 0 saturated heterocycles. The molecule has 3 rings (SSSR count). The minimum Gasteiger partial charge on any atom is -0.493 e. The number of fused-ring (bicyclic) bond motifs is 1. The third kappa shape index (κ3) is 4.73. The Morgan fingerprint density at radius 2 is 1.66 bits per heavy atom. The average molecular weight is 479 g/mol. The lowest BCUT2D eigenvalue weighted by molar-refractivity contribution is -0.394. The van der Waals surface area contributed by atoms with Crippen molar-refractivity contribution in [1.82, 2.24) is 4.57 Å². The van der Waals surface area contributed by atoms with Gasteiger partial charge in [0.05, 0.1) is 45.9 Å². The van der Waals surface area contributed by atoms with Gasteiger partial charge >= 0.3 is 0 Å². The Hall–Kier alpha value is -3.45. The minimum absolute atomic E-state index is 0.241. The summed E-state index contributed by atoms with van der Waals surface area (Å²) in [7, 11) is 3.04. The zero-order valence-electron chi connectivity index (χ0n) is 17.3. The number of aryl methyl sites for hydroxylation is 1. The van der Waals surface area contributed by atoms with Crippen LogP contribution in [0.3, 0.4) is 0 Å². The minimum atomic E-state index is -0.819. The van der Waals surface area contributed by atoms with Gasteiger partial charge in [-0.25, -0.2) is 0 Å². The fraction of sp³-hybridized carbons (Fsp3) is 0.263. The van der Waals surface area contributed by atoms with Gasteiger partial charge in [-0.15, -0.1) is 0 Å². The summed E-state index contributed by atoms with van der Waals surface area (Å²) in [5.41, 5.74) is -0.578. The number of methoxy groups -OCH3 is 2. The number of thioether (sulfide) groups is 1. The Morgan fingerprint density at radius 3 is 2.19 bits per heavy atom. The standard InChI is InChI=1S/C19H18N4O7S2/c1-29-15-9-14-17(10-16(15)30-2)32-19(21(14)4-5-31-3)20-18(24)11-6-12(22(25)26)8-13(7-11)23(27)28/h6-10H,4-5H2,1-3H3. The van der Waals surface area contributed by atoms with Crippen molar-refractivity contribution in [3.63, 3.8) is 0 Å². The average Bonchev–Trinajstić information content (AvgIpc) is 3.11. The molecule has 0 aliphatic carbocycles. The zero-order valence-corrected chi connectivity index (χ0v) is 18.9. The summed E-state index contributed by atoms with van der Waals surface area (Å²) in [5, 5.41) is 22.3. The topological polar surface area (TPSA) is 139 Å². The van der Waals surface area contributed by atoms with E-state index in [4.69, 9.17) is 9.47 Å². The molecule has 1 amide bonds. The maximum Gasteiger partial charge on any atom is 0.280 e. The second-order valence-corrected chi connectivity index (χ2v) is 8.37. The lowest BCUT2D eigenvalue weighted by atomic mass is 10.1. The van der Waals surface area contributed by atoms with E-state index in [9.17, 15) is 25.0 Å². The molecular weight excluding hydrogens is 460 g/mol. The molecule has 11 nitrogen and oxygen atoms in total. The molecular formula is C19H18N4O7S2. The van der Waals surface area contributed by atoms with Crippen molar-refractivity contribution in [2.24, 2.45) is 4.99 Å². The lowest BCUT2D eigenvalue weighted by Crippen LogP contribution is -2.18. The van der Waals surface area contributed by atoms with E-state index >= 15 is 0 Å². The van der Waals surface area contributed by atoms with Crippen molar-refractivity contribution >= 4 is 50.6 Å². The highest BCUT2D eigenvalue weighted by molar-refractivity contribution is 7.98. The van der Waals surface area contributed by atoms with Crippen LogP contribution in [0.5, 0.6) is 11.5 Å². The molecule has 2 aromatic carbocycles. The van der Waals surface area contributed by atoms with E-state index in [2.05, 4.69) is 4.99 Å². The van der Waals surface area contributed by atoms with Crippen LogP contribution in [0.1, 0.15) is 10.4 Å². The van der Waals surface area contributed by atoms with Gasteiger partial charge in [0.15, 0.2) is 16.3 Å². The van der Waals surface area contributed by atoms with Gasteiger partial charge in [-0.1, -0.05) is 11.3 Å². The number of benzene rings is 2. The molecule has 1 heterocycles. The second kappa shape index (κ2) is 9.78. The first kappa shape index (κ1) is 23.2. The van der Waals surface area contributed by atoms with E-state index in [1.807, 2.05) is 10.8 Å². The Balaban J connectivity index is 2.19. The van der Waals surface area contributed by atoms with Crippen molar-refractivity contribution in [1.29, 1.82) is 0 Å². The van der Waals surface area contributed by atoms with Crippen LogP contribution in [-0.4, -0.2) is 46.5 Å².